The zero-order valence-electron chi connectivity index (χ0n) is 52.4. The predicted octanol–water partition coefficient (Wildman–Crippen LogP) is 0.617. The first-order valence-electron chi connectivity index (χ1n) is 31.0. The summed E-state index contributed by atoms with van der Waals surface area (Å²) in [5.41, 5.74) is 28.7. The Bertz CT molecular complexity index is 2370. The van der Waals surface area contributed by atoms with Crippen molar-refractivity contribution >= 4 is 70.6 Å². The summed E-state index contributed by atoms with van der Waals surface area (Å²) >= 11 is 0. The maximum Gasteiger partial charge on any atom is 0.303 e. The second kappa shape index (κ2) is 45.3. The van der Waals surface area contributed by atoms with Gasteiger partial charge in [-0.15, -0.1) is 0 Å². The molecule has 0 saturated heterocycles. The minimum absolute atomic E-state index is 0.00661. The largest absolute Gasteiger partial charge is 0.481 e. The maximum absolute atomic E-state index is 14.5. The Morgan fingerprint density at radius 1 is 0.534 bits per heavy atom. The van der Waals surface area contributed by atoms with Crippen molar-refractivity contribution in [2.75, 3.05) is 39.5 Å². The van der Waals surface area contributed by atoms with Gasteiger partial charge in [-0.2, -0.15) is 0 Å². The molecule has 0 spiro atoms. The molecule has 0 radical (unpaired) electrons. The van der Waals surface area contributed by atoms with E-state index in [1.54, 1.807) is 44.2 Å². The molecule has 19 N–H and O–H groups in total. The van der Waals surface area contributed by atoms with Crippen LogP contribution in [0.1, 0.15) is 169 Å². The molecule has 5 amide bonds. The Hall–Kier alpha value is -6.94. The molecule has 0 aliphatic carbocycles. The highest BCUT2D eigenvalue weighted by Crippen LogP contribution is 2.21. The predicted molar refractivity (Wildman–Crippen MR) is 332 cm³/mol. The van der Waals surface area contributed by atoms with Gasteiger partial charge in [-0.05, 0) is 76.7 Å². The summed E-state index contributed by atoms with van der Waals surface area (Å²) in [6.07, 6.45) is 8.14. The number of nitrogens with two attached hydrogens (primary N) is 5. The Morgan fingerprint density at radius 2 is 1.03 bits per heavy atom. The fourth-order valence-corrected chi connectivity index (χ4v) is 9.63. The summed E-state index contributed by atoms with van der Waals surface area (Å²) in [7, 11) is 0. The topological polar surface area (TPSA) is 476 Å². The molecule has 0 aliphatic rings. The lowest BCUT2D eigenvalue weighted by Crippen LogP contribution is -2.59. The first-order valence-corrected chi connectivity index (χ1v) is 31.0. The summed E-state index contributed by atoms with van der Waals surface area (Å²) in [5, 5.41) is 53.4. The van der Waals surface area contributed by atoms with E-state index >= 15 is 0 Å². The molecule has 10 atom stereocenters. The Kier molecular flexibility index (Phi) is 40.7. The number of rotatable bonds is 51. The lowest BCUT2D eigenvalue weighted by Gasteiger charge is -2.28. The highest BCUT2D eigenvalue weighted by Gasteiger charge is 2.37. The fourth-order valence-electron chi connectivity index (χ4n) is 9.63. The number of aliphatic hydroxyl groups is 3. The number of unbranched alkanes of at least 4 members (excludes halogenated alkanes) is 9. The number of ether oxygens (including phenoxy) is 1. The lowest BCUT2D eigenvalue weighted by atomic mass is 9.87. The van der Waals surface area contributed by atoms with E-state index in [1.165, 1.54) is 51.9 Å². The Balaban J connectivity index is 3.31. The van der Waals surface area contributed by atoms with Crippen molar-refractivity contribution in [3.8, 4) is 0 Å². The van der Waals surface area contributed by atoms with Gasteiger partial charge in [0.25, 0.3) is 0 Å². The normalized spacial score (nSPS) is 14.7. The van der Waals surface area contributed by atoms with E-state index in [0.717, 1.165) is 26.2 Å². The molecule has 0 bridgehead atoms. The van der Waals surface area contributed by atoms with Gasteiger partial charge >= 0.3 is 5.97 Å². The number of ketones is 4. The van der Waals surface area contributed by atoms with Crippen LogP contribution in [0.3, 0.4) is 0 Å². The van der Waals surface area contributed by atoms with Crippen LogP contribution in [-0.4, -0.2) is 173 Å². The molecule has 88 heavy (non-hydrogen) atoms. The van der Waals surface area contributed by atoms with E-state index < -0.39 is 164 Å². The van der Waals surface area contributed by atoms with E-state index in [9.17, 15) is 63.3 Å². The molecule has 1 aromatic rings. The van der Waals surface area contributed by atoms with E-state index in [4.69, 9.17) is 38.5 Å². The number of aliphatic imine (C=N–C) groups is 2. The molecule has 1 unspecified atom stereocenters. The van der Waals surface area contributed by atoms with Gasteiger partial charge in [0.1, 0.15) is 12.1 Å². The number of carbonyl (C=O) groups is 10. The van der Waals surface area contributed by atoms with E-state index in [2.05, 4.69) is 43.5 Å². The fraction of sp³-hybridized carbons (Fsp3) is 0.705. The van der Waals surface area contributed by atoms with Gasteiger partial charge in [0.05, 0.1) is 49.4 Å². The van der Waals surface area contributed by atoms with Crippen LogP contribution in [0, 0.1) is 23.7 Å². The number of carbonyl (C=O) groups excluding carboxylic acids is 9. The number of Topliss-reactive ketones (excluding diaryl/α,β-unsaturated/α-hetero) is 4. The minimum Gasteiger partial charge on any atom is -0.481 e. The van der Waals surface area contributed by atoms with E-state index in [-0.39, 0.29) is 76.6 Å². The lowest BCUT2D eigenvalue weighted by molar-refractivity contribution is -0.138. The number of aliphatic hydroxyl groups excluding tert-OH is 3. The van der Waals surface area contributed by atoms with Gasteiger partial charge in [0.15, 0.2) is 35.1 Å². The average molecular weight is 1250 g/mol. The SMILES string of the molecule is CCCCCCCCCCCCOCCC(N)C(=O)N[C@H](C(=O)N[C@H](C(=O)C[C@@H](Cc1ccccc1)C(=O)N[C@@H](CCCN=C(N)N)C(=O)C[C@@H](CO)C(=O)N[C@@H](CO)C(=O)C[C@@H](CCCN=C(N)N)C(=O)N[C@@H](CCC(=O)O)C(C)=O)C(C)C)[C@@H](C)O. The van der Waals surface area contributed by atoms with Gasteiger partial charge in [-0.25, -0.2) is 0 Å². The molecular weight excluding hydrogens is 1140 g/mol. The van der Waals surface area contributed by atoms with Crippen molar-refractivity contribution in [1.82, 2.24) is 26.6 Å². The molecule has 0 fully saturated rings. The van der Waals surface area contributed by atoms with Crippen LogP contribution < -0.4 is 55.3 Å². The van der Waals surface area contributed by atoms with Crippen LogP contribution in [0.25, 0.3) is 0 Å². The molecule has 0 aliphatic heterocycles. The van der Waals surface area contributed by atoms with Crippen LogP contribution in [0.5, 0.6) is 0 Å². The van der Waals surface area contributed by atoms with Crippen molar-refractivity contribution in [2.24, 2.45) is 62.3 Å². The van der Waals surface area contributed by atoms with E-state index in [0.29, 0.717) is 12.2 Å². The first kappa shape index (κ1) is 79.1. The molecular formula is C61H104N12O15. The van der Waals surface area contributed by atoms with Gasteiger partial charge in [0.2, 0.25) is 29.5 Å². The van der Waals surface area contributed by atoms with Crippen LogP contribution >= 0.6 is 0 Å². The monoisotopic (exact) mass is 1240 g/mol. The molecule has 0 heterocycles. The second-order valence-corrected chi connectivity index (χ2v) is 22.9. The summed E-state index contributed by atoms with van der Waals surface area (Å²) in [6, 6.07) is 0.564. The third-order valence-electron chi connectivity index (χ3n) is 14.9. The van der Waals surface area contributed by atoms with Crippen LogP contribution in [0.15, 0.2) is 40.3 Å². The van der Waals surface area contributed by atoms with Gasteiger partial charge < -0.3 is 80.4 Å². The number of carboxylic acid groups (broad SMARTS) is 1. The zero-order valence-corrected chi connectivity index (χ0v) is 52.4. The number of hydrogen-bond acceptors (Lipinski definition) is 17. The minimum atomic E-state index is -1.67. The molecule has 498 valence electrons. The van der Waals surface area contributed by atoms with Crippen LogP contribution in [-0.2, 0) is 59.1 Å². The van der Waals surface area contributed by atoms with Crippen molar-refractivity contribution < 1.29 is 73.1 Å². The number of aliphatic carboxylic acids is 1. The first-order chi connectivity index (χ1) is 41.8. The summed E-state index contributed by atoms with van der Waals surface area (Å²) < 4.78 is 5.72. The van der Waals surface area contributed by atoms with Crippen molar-refractivity contribution in [3.63, 3.8) is 0 Å². The highest BCUT2D eigenvalue weighted by molar-refractivity contribution is 5.98. The standard InChI is InChI=1S/C61H104N12O15/c1-6-7-8-9-10-11-12-13-14-18-30-88-31-27-45(62)58(86)73-54(40(5)77)59(87)72-53(38(2)3)51(80)34-43(32-41-21-16-15-17-22-41)56(84)70-47(24-20-29-68-61(65)66)49(78)35-44(36-74)57(85)71-48(37-75)50(79)33-42(23-19-28-67-60(63)64)55(83)69-46(39(4)76)25-26-52(81)82/h15-17,21-22,38,40,42-48,53-54,74-75,77H,6-14,18-20,23-37,62H2,1-5H3,(H,69,83)(H,70,84)(H,71,85)(H,72,87)(H,73,86)(H,81,82)(H4,63,64,67)(H4,65,66,68)/t40-,42-,43-,44+,45?,46+,47+,48+,53+,54+/m1/s1. The Labute approximate surface area is 518 Å². The molecule has 1 rings (SSSR count). The van der Waals surface area contributed by atoms with Crippen molar-refractivity contribution in [2.45, 2.75) is 212 Å². The highest BCUT2D eigenvalue weighted by atomic mass is 16.5. The third kappa shape index (κ3) is 34.0. The molecule has 27 nitrogen and oxygen atoms in total. The molecule has 0 saturated carbocycles. The summed E-state index contributed by atoms with van der Waals surface area (Å²) in [5.74, 6) is -13.2. The molecule has 0 aromatic heterocycles. The van der Waals surface area contributed by atoms with Crippen molar-refractivity contribution in [1.29, 1.82) is 0 Å². The number of benzene rings is 1. The number of nitrogens with zero attached hydrogens (tertiary/aromatic N) is 2. The molecule has 27 heteroatoms. The van der Waals surface area contributed by atoms with E-state index in [1.807, 2.05) is 0 Å². The smallest absolute Gasteiger partial charge is 0.303 e. The zero-order chi connectivity index (χ0) is 66.1. The maximum atomic E-state index is 14.5. The average Bonchev–Trinajstić information content (AvgIpc) is 3.22. The van der Waals surface area contributed by atoms with Gasteiger partial charge in [0, 0.05) is 63.8 Å². The number of guanidine groups is 2. The second-order valence-electron chi connectivity index (χ2n) is 22.9. The van der Waals surface area contributed by atoms with Crippen molar-refractivity contribution in [3.05, 3.63) is 35.9 Å². The number of nitrogens with one attached hydrogen (secondary N) is 5. The number of amides is 5. The quantitative estimate of drug-likeness (QED) is 0.0241. The third-order valence-corrected chi connectivity index (χ3v) is 14.9. The number of hydrogen-bond donors (Lipinski definition) is 14. The molecule has 1 aromatic carbocycles. The van der Waals surface area contributed by atoms with Gasteiger partial charge in [-0.3, -0.25) is 57.9 Å². The van der Waals surface area contributed by atoms with Crippen LogP contribution in [0.2, 0.25) is 0 Å². The summed E-state index contributed by atoms with van der Waals surface area (Å²) in [6.45, 7) is 6.80. The Morgan fingerprint density at radius 3 is 1.57 bits per heavy atom. The van der Waals surface area contributed by atoms with Crippen LogP contribution in [0.4, 0.5) is 0 Å². The van der Waals surface area contributed by atoms with Gasteiger partial charge in [-0.1, -0.05) is 109 Å². The number of carboxylic acids is 1. The summed E-state index contributed by atoms with van der Waals surface area (Å²) in [4.78, 5) is 143.